The number of rotatable bonds is 8. The van der Waals surface area contributed by atoms with E-state index in [1.54, 1.807) is 30.3 Å². The van der Waals surface area contributed by atoms with Crippen molar-refractivity contribution in [3.63, 3.8) is 0 Å². The van der Waals surface area contributed by atoms with E-state index in [2.05, 4.69) is 20.0 Å². The van der Waals surface area contributed by atoms with Crippen LogP contribution in [-0.2, 0) is 21.4 Å². The Morgan fingerprint density at radius 1 is 1.07 bits per heavy atom. The molecular formula is C21H25N5O3S. The van der Waals surface area contributed by atoms with Gasteiger partial charge in [0.15, 0.2) is 0 Å². The van der Waals surface area contributed by atoms with Crippen molar-refractivity contribution in [2.24, 2.45) is 11.7 Å². The summed E-state index contributed by atoms with van der Waals surface area (Å²) in [6, 6.07) is 13.2. The van der Waals surface area contributed by atoms with Crippen LogP contribution in [-0.4, -0.2) is 30.3 Å². The highest BCUT2D eigenvalue weighted by Crippen LogP contribution is 2.22. The van der Waals surface area contributed by atoms with Crippen molar-refractivity contribution < 1.29 is 13.2 Å². The number of carbonyl (C=O) groups excluding carboxylic acids is 1. The van der Waals surface area contributed by atoms with E-state index in [0.717, 1.165) is 10.9 Å². The molecule has 0 radical (unpaired) electrons. The molecule has 3 aromatic rings. The highest BCUT2D eigenvalue weighted by molar-refractivity contribution is 7.89. The second-order valence-electron chi connectivity index (χ2n) is 7.41. The minimum atomic E-state index is -3.72. The molecule has 0 fully saturated rings. The van der Waals surface area contributed by atoms with E-state index in [1.807, 2.05) is 39.0 Å². The number of hydrogen-bond donors (Lipinski definition) is 3. The minimum absolute atomic E-state index is 0.0558. The number of hydrogen-bond acceptors (Lipinski definition) is 6. The molecule has 1 amide bonds. The summed E-state index contributed by atoms with van der Waals surface area (Å²) in [5.74, 6) is 0.163. The van der Waals surface area contributed by atoms with Gasteiger partial charge in [-0.3, -0.25) is 4.79 Å². The molecule has 0 unspecified atom stereocenters. The Bertz CT molecular complexity index is 1160. The molecule has 0 spiro atoms. The molecule has 8 nitrogen and oxygen atoms in total. The molecule has 1 aromatic heterocycles. The summed E-state index contributed by atoms with van der Waals surface area (Å²) < 4.78 is 27.7. The zero-order valence-corrected chi connectivity index (χ0v) is 17.9. The summed E-state index contributed by atoms with van der Waals surface area (Å²) in [6.07, 6.45) is 0. The first-order valence-corrected chi connectivity index (χ1v) is 11.0. The number of para-hydroxylation sites is 1. The number of anilines is 1. The number of nitrogens with two attached hydrogens (primary N) is 1. The molecule has 9 heteroatoms. The molecule has 30 heavy (non-hydrogen) atoms. The van der Waals surface area contributed by atoms with Gasteiger partial charge in [0.25, 0.3) is 0 Å². The molecule has 1 atom stereocenters. The number of primary amides is 1. The molecule has 158 valence electrons. The average molecular weight is 428 g/mol. The van der Waals surface area contributed by atoms with Gasteiger partial charge in [-0.25, -0.2) is 23.1 Å². The third kappa shape index (κ3) is 4.92. The molecule has 0 saturated heterocycles. The van der Waals surface area contributed by atoms with Crippen molar-refractivity contribution in [2.45, 2.75) is 38.3 Å². The van der Waals surface area contributed by atoms with Crippen LogP contribution < -0.4 is 15.8 Å². The van der Waals surface area contributed by atoms with Gasteiger partial charge in [-0.1, -0.05) is 43.7 Å². The van der Waals surface area contributed by atoms with Gasteiger partial charge in [0, 0.05) is 5.39 Å². The van der Waals surface area contributed by atoms with Gasteiger partial charge in [0.05, 0.1) is 17.0 Å². The van der Waals surface area contributed by atoms with Gasteiger partial charge in [-0.15, -0.1) is 0 Å². The number of nitrogens with zero attached hydrogens (tertiary/aromatic N) is 2. The van der Waals surface area contributed by atoms with Gasteiger partial charge in [0.1, 0.15) is 17.7 Å². The van der Waals surface area contributed by atoms with Crippen LogP contribution in [0.25, 0.3) is 10.9 Å². The Morgan fingerprint density at radius 3 is 2.37 bits per heavy atom. The smallest absolute Gasteiger partial charge is 0.240 e. The largest absolute Gasteiger partial charge is 0.368 e. The van der Waals surface area contributed by atoms with Crippen LogP contribution >= 0.6 is 0 Å². The van der Waals surface area contributed by atoms with Gasteiger partial charge < -0.3 is 11.1 Å². The molecular weight excluding hydrogens is 402 g/mol. The lowest BCUT2D eigenvalue weighted by Gasteiger charge is -2.21. The molecule has 2 aromatic carbocycles. The number of sulfonamides is 1. The van der Waals surface area contributed by atoms with Crippen molar-refractivity contribution in [1.82, 2.24) is 14.7 Å². The number of aromatic nitrogens is 2. The second-order valence-corrected chi connectivity index (χ2v) is 9.18. The van der Waals surface area contributed by atoms with Crippen LogP contribution in [0.3, 0.4) is 0 Å². The molecule has 4 N–H and O–H groups in total. The highest BCUT2D eigenvalue weighted by Gasteiger charge is 2.22. The van der Waals surface area contributed by atoms with Gasteiger partial charge in [-0.05, 0) is 37.1 Å². The maximum absolute atomic E-state index is 12.6. The lowest BCUT2D eigenvalue weighted by atomic mass is 10.0. The zero-order chi connectivity index (χ0) is 21.9. The molecule has 3 rings (SSSR count). The number of benzene rings is 2. The van der Waals surface area contributed by atoms with E-state index in [-0.39, 0.29) is 23.2 Å². The lowest BCUT2D eigenvalue weighted by molar-refractivity contribution is -0.119. The summed E-state index contributed by atoms with van der Waals surface area (Å²) in [5, 5.41) is 3.81. The molecule has 0 saturated carbocycles. The first-order valence-electron chi connectivity index (χ1n) is 9.55. The summed E-state index contributed by atoms with van der Waals surface area (Å²) in [7, 11) is -3.72. The van der Waals surface area contributed by atoms with E-state index >= 15 is 0 Å². The second kappa shape index (κ2) is 8.76. The van der Waals surface area contributed by atoms with E-state index in [9.17, 15) is 13.2 Å². The predicted molar refractivity (Wildman–Crippen MR) is 116 cm³/mol. The Morgan fingerprint density at radius 2 is 1.73 bits per heavy atom. The monoisotopic (exact) mass is 427 g/mol. The molecule has 0 aliphatic carbocycles. The van der Waals surface area contributed by atoms with E-state index in [1.165, 1.54) is 0 Å². The minimum Gasteiger partial charge on any atom is -0.368 e. The molecule has 0 aliphatic heterocycles. The fourth-order valence-corrected chi connectivity index (χ4v) is 3.97. The Hall–Kier alpha value is -3.04. The van der Waals surface area contributed by atoms with Crippen LogP contribution in [0.15, 0.2) is 53.4 Å². The van der Waals surface area contributed by atoms with E-state index < -0.39 is 22.0 Å². The summed E-state index contributed by atoms with van der Waals surface area (Å²) in [5.41, 5.74) is 7.12. The third-order valence-corrected chi connectivity index (χ3v) is 6.08. The summed E-state index contributed by atoms with van der Waals surface area (Å²) in [6.45, 7) is 5.54. The maximum atomic E-state index is 12.6. The van der Waals surface area contributed by atoms with E-state index in [4.69, 9.17) is 5.73 Å². The Labute approximate surface area is 176 Å². The normalized spacial score (nSPS) is 12.8. The van der Waals surface area contributed by atoms with Gasteiger partial charge >= 0.3 is 0 Å². The van der Waals surface area contributed by atoms with Crippen molar-refractivity contribution in [2.75, 3.05) is 5.32 Å². The van der Waals surface area contributed by atoms with Crippen LogP contribution in [0.1, 0.15) is 25.2 Å². The van der Waals surface area contributed by atoms with Crippen LogP contribution in [0.5, 0.6) is 0 Å². The summed E-state index contributed by atoms with van der Waals surface area (Å²) >= 11 is 0. The fourth-order valence-electron chi connectivity index (χ4n) is 2.99. The molecule has 1 heterocycles. The maximum Gasteiger partial charge on any atom is 0.240 e. The SMILES string of the molecule is Cc1ccc(S(=O)(=O)NCc2nc(N[C@H](C(N)=O)C(C)C)c3ccccc3n2)cc1. The van der Waals surface area contributed by atoms with E-state index in [0.29, 0.717) is 11.3 Å². The topological polar surface area (TPSA) is 127 Å². The molecule has 0 bridgehead atoms. The molecule has 0 aliphatic rings. The first-order chi connectivity index (χ1) is 14.2. The first kappa shape index (κ1) is 21.7. The average Bonchev–Trinajstić information content (AvgIpc) is 2.70. The van der Waals surface area contributed by atoms with Crippen molar-refractivity contribution in [1.29, 1.82) is 0 Å². The van der Waals surface area contributed by atoms with Gasteiger partial charge in [0.2, 0.25) is 15.9 Å². The number of aryl methyl sites for hydroxylation is 1. The number of carbonyl (C=O) groups is 1. The Kier molecular flexibility index (Phi) is 6.33. The highest BCUT2D eigenvalue weighted by atomic mass is 32.2. The third-order valence-electron chi connectivity index (χ3n) is 4.67. The zero-order valence-electron chi connectivity index (χ0n) is 17.1. The van der Waals surface area contributed by atoms with Crippen LogP contribution in [0, 0.1) is 12.8 Å². The van der Waals surface area contributed by atoms with Crippen molar-refractivity contribution in [3.8, 4) is 0 Å². The quantitative estimate of drug-likeness (QED) is 0.506. The summed E-state index contributed by atoms with van der Waals surface area (Å²) in [4.78, 5) is 20.9. The lowest BCUT2D eigenvalue weighted by Crippen LogP contribution is -2.40. The fraction of sp³-hybridized carbons (Fsp3) is 0.286. The standard InChI is InChI=1S/C21H25N5O3S/c1-13(2)19(20(22)27)26-21-16-6-4-5-7-17(16)24-18(25-21)12-23-30(28,29)15-10-8-14(3)9-11-15/h4-11,13,19,23H,12H2,1-3H3,(H2,22,27)(H,24,25,26)/t19-/m0/s1. The number of amides is 1. The number of fused-ring (bicyclic) bond motifs is 1. The Balaban J connectivity index is 1.91. The van der Waals surface area contributed by atoms with Crippen molar-refractivity contribution >= 4 is 32.7 Å². The van der Waals surface area contributed by atoms with Crippen molar-refractivity contribution in [3.05, 3.63) is 59.9 Å². The van der Waals surface area contributed by atoms with Crippen LogP contribution in [0.4, 0.5) is 5.82 Å². The predicted octanol–water partition coefficient (Wildman–Crippen LogP) is 2.34. The van der Waals surface area contributed by atoms with Gasteiger partial charge in [-0.2, -0.15) is 0 Å². The number of nitrogens with one attached hydrogen (secondary N) is 2. The van der Waals surface area contributed by atoms with Crippen LogP contribution in [0.2, 0.25) is 0 Å².